The van der Waals surface area contributed by atoms with Gasteiger partial charge >= 0.3 is 0 Å². The highest BCUT2D eigenvalue weighted by atomic mass is 16.5. The summed E-state index contributed by atoms with van der Waals surface area (Å²) in [7, 11) is 1.72. The van der Waals surface area contributed by atoms with Crippen LogP contribution in [0.5, 0.6) is 0 Å². The molecule has 1 aliphatic carbocycles. The first-order chi connectivity index (χ1) is 10.3. The Hall–Kier alpha value is -1.79. The Morgan fingerprint density at radius 2 is 2.14 bits per heavy atom. The Balaban J connectivity index is 1.91. The molecule has 112 valence electrons. The maximum atomic E-state index is 5.74. The standard InChI is InChI=1S/C15H20N4O2/c1-20-15(6-3-2-4-7-15)14-18-13(21-19-14)11-5-8-17-12(9-11)10-16/h5,8-9H,2-4,6-7,10,16H2,1H3. The van der Waals surface area contributed by atoms with Gasteiger partial charge in [0.05, 0.1) is 5.69 Å². The number of hydrogen-bond donors (Lipinski definition) is 1. The lowest BCUT2D eigenvalue weighted by Gasteiger charge is -2.32. The van der Waals surface area contributed by atoms with Gasteiger partial charge in [0.1, 0.15) is 5.60 Å². The van der Waals surface area contributed by atoms with Crippen LogP contribution in [0.3, 0.4) is 0 Å². The fourth-order valence-corrected chi connectivity index (χ4v) is 2.89. The van der Waals surface area contributed by atoms with E-state index in [1.807, 2.05) is 12.1 Å². The molecule has 2 aromatic heterocycles. The maximum absolute atomic E-state index is 5.74. The van der Waals surface area contributed by atoms with Crippen LogP contribution in [0.1, 0.15) is 43.6 Å². The third-order valence-electron chi connectivity index (χ3n) is 4.16. The SMILES string of the molecule is COC1(c2noc(-c3ccnc(CN)c3)n2)CCCCC1. The van der Waals surface area contributed by atoms with Gasteiger partial charge < -0.3 is 15.0 Å². The maximum Gasteiger partial charge on any atom is 0.258 e. The predicted octanol–water partition coefficient (Wildman–Crippen LogP) is 2.40. The first-order valence-electron chi connectivity index (χ1n) is 7.32. The lowest BCUT2D eigenvalue weighted by molar-refractivity contribution is -0.0527. The third kappa shape index (κ3) is 2.69. The largest absolute Gasteiger partial charge is 0.370 e. The van der Waals surface area contributed by atoms with Gasteiger partial charge in [-0.1, -0.05) is 24.4 Å². The molecule has 0 aliphatic heterocycles. The summed E-state index contributed by atoms with van der Waals surface area (Å²) in [4.78, 5) is 8.72. The van der Waals surface area contributed by atoms with Crippen LogP contribution in [0.4, 0.5) is 0 Å². The summed E-state index contributed by atoms with van der Waals surface area (Å²) in [6, 6.07) is 3.72. The molecule has 2 heterocycles. The molecule has 0 aromatic carbocycles. The second-order valence-electron chi connectivity index (χ2n) is 5.42. The summed E-state index contributed by atoms with van der Waals surface area (Å²) >= 11 is 0. The van der Waals surface area contributed by atoms with E-state index >= 15 is 0 Å². The molecule has 1 aliphatic rings. The molecule has 1 saturated carbocycles. The van der Waals surface area contributed by atoms with Crippen LogP contribution in [0.25, 0.3) is 11.5 Å². The van der Waals surface area contributed by atoms with Crippen molar-refractivity contribution < 1.29 is 9.26 Å². The zero-order valence-electron chi connectivity index (χ0n) is 12.2. The monoisotopic (exact) mass is 288 g/mol. The van der Waals surface area contributed by atoms with Crippen LogP contribution in [0.2, 0.25) is 0 Å². The van der Waals surface area contributed by atoms with Gasteiger partial charge in [-0.3, -0.25) is 4.98 Å². The first-order valence-corrected chi connectivity index (χ1v) is 7.32. The normalized spacial score (nSPS) is 17.8. The molecule has 1 fully saturated rings. The Morgan fingerprint density at radius 3 is 2.86 bits per heavy atom. The minimum atomic E-state index is -0.399. The Labute approximate surface area is 123 Å². The third-order valence-corrected chi connectivity index (χ3v) is 4.16. The number of hydrogen-bond acceptors (Lipinski definition) is 6. The van der Waals surface area contributed by atoms with Crippen molar-refractivity contribution in [2.45, 2.75) is 44.2 Å². The van der Waals surface area contributed by atoms with Crippen LogP contribution in [0.15, 0.2) is 22.9 Å². The predicted molar refractivity (Wildman–Crippen MR) is 77.2 cm³/mol. The summed E-state index contributed by atoms with van der Waals surface area (Å²) in [5, 5.41) is 4.15. The molecule has 0 amide bonds. The highest BCUT2D eigenvalue weighted by molar-refractivity contribution is 5.52. The van der Waals surface area contributed by atoms with Crippen molar-refractivity contribution in [1.29, 1.82) is 0 Å². The molecule has 0 radical (unpaired) electrons. The Morgan fingerprint density at radius 1 is 1.33 bits per heavy atom. The van der Waals surface area contributed by atoms with Gasteiger partial charge in [0, 0.05) is 25.4 Å². The van der Waals surface area contributed by atoms with E-state index in [1.165, 1.54) is 6.42 Å². The van der Waals surface area contributed by atoms with Gasteiger partial charge in [-0.15, -0.1) is 0 Å². The van der Waals surface area contributed by atoms with Crippen molar-refractivity contribution in [2.24, 2.45) is 5.73 Å². The zero-order valence-corrected chi connectivity index (χ0v) is 12.2. The van der Waals surface area contributed by atoms with Gasteiger partial charge in [0.2, 0.25) is 5.82 Å². The van der Waals surface area contributed by atoms with Crippen molar-refractivity contribution in [3.63, 3.8) is 0 Å². The molecular weight excluding hydrogens is 268 g/mol. The van der Waals surface area contributed by atoms with Gasteiger partial charge in [-0.25, -0.2) is 0 Å². The van der Waals surface area contributed by atoms with Crippen LogP contribution in [0, 0.1) is 0 Å². The second kappa shape index (κ2) is 5.91. The molecular formula is C15H20N4O2. The summed E-state index contributed by atoms with van der Waals surface area (Å²) in [6.07, 6.45) is 7.07. The van der Waals surface area contributed by atoms with E-state index in [2.05, 4.69) is 15.1 Å². The average molecular weight is 288 g/mol. The van der Waals surface area contributed by atoms with Gasteiger partial charge in [-0.2, -0.15) is 4.98 Å². The van der Waals surface area contributed by atoms with Crippen molar-refractivity contribution in [3.05, 3.63) is 29.8 Å². The lowest BCUT2D eigenvalue weighted by Crippen LogP contribution is -2.32. The average Bonchev–Trinajstić information content (AvgIpc) is 3.06. The topological polar surface area (TPSA) is 87.1 Å². The number of nitrogens with zero attached hydrogens (tertiary/aromatic N) is 3. The first kappa shape index (κ1) is 14.2. The van der Waals surface area contributed by atoms with E-state index in [-0.39, 0.29) is 0 Å². The highest BCUT2D eigenvalue weighted by Gasteiger charge is 2.38. The van der Waals surface area contributed by atoms with Crippen LogP contribution in [-0.4, -0.2) is 22.2 Å². The molecule has 0 unspecified atom stereocenters. The minimum Gasteiger partial charge on any atom is -0.370 e. The Kier molecular flexibility index (Phi) is 3.98. The van der Waals surface area contributed by atoms with E-state index in [0.717, 1.165) is 36.9 Å². The van der Waals surface area contributed by atoms with Crippen LogP contribution in [-0.2, 0) is 16.9 Å². The summed E-state index contributed by atoms with van der Waals surface area (Å²) in [6.45, 7) is 0.386. The number of methoxy groups -OCH3 is 1. The molecule has 0 spiro atoms. The number of nitrogens with two attached hydrogens (primary N) is 1. The number of pyridine rings is 1. The van der Waals surface area contributed by atoms with Crippen molar-refractivity contribution in [3.8, 4) is 11.5 Å². The summed E-state index contributed by atoms with van der Waals surface area (Å²) < 4.78 is 11.2. The van der Waals surface area contributed by atoms with E-state index in [9.17, 15) is 0 Å². The fraction of sp³-hybridized carbons (Fsp3) is 0.533. The van der Waals surface area contributed by atoms with Crippen molar-refractivity contribution >= 4 is 0 Å². The highest BCUT2D eigenvalue weighted by Crippen LogP contribution is 2.39. The fourth-order valence-electron chi connectivity index (χ4n) is 2.89. The molecule has 6 nitrogen and oxygen atoms in total. The number of rotatable bonds is 4. The minimum absolute atomic E-state index is 0.386. The lowest BCUT2D eigenvalue weighted by atomic mass is 9.84. The molecule has 0 saturated heterocycles. The second-order valence-corrected chi connectivity index (χ2v) is 5.42. The van der Waals surface area contributed by atoms with Gasteiger partial charge in [0.15, 0.2) is 0 Å². The van der Waals surface area contributed by atoms with E-state index in [0.29, 0.717) is 18.3 Å². The van der Waals surface area contributed by atoms with Gasteiger partial charge in [0.25, 0.3) is 5.89 Å². The molecule has 2 aromatic rings. The van der Waals surface area contributed by atoms with E-state index in [4.69, 9.17) is 15.0 Å². The molecule has 21 heavy (non-hydrogen) atoms. The number of ether oxygens (including phenoxy) is 1. The molecule has 0 bridgehead atoms. The quantitative estimate of drug-likeness (QED) is 0.929. The molecule has 6 heteroatoms. The Bertz CT molecular complexity index is 605. The molecule has 2 N–H and O–H groups in total. The van der Waals surface area contributed by atoms with Gasteiger partial charge in [-0.05, 0) is 25.0 Å². The van der Waals surface area contributed by atoms with Crippen LogP contribution < -0.4 is 5.73 Å². The van der Waals surface area contributed by atoms with Crippen molar-refractivity contribution in [2.75, 3.05) is 7.11 Å². The molecule has 0 atom stereocenters. The van der Waals surface area contributed by atoms with E-state index < -0.39 is 5.60 Å². The summed E-state index contributed by atoms with van der Waals surface area (Å²) in [5.41, 5.74) is 6.85. The van der Waals surface area contributed by atoms with E-state index in [1.54, 1.807) is 13.3 Å². The number of aromatic nitrogens is 3. The smallest absolute Gasteiger partial charge is 0.258 e. The summed E-state index contributed by atoms with van der Waals surface area (Å²) in [5.74, 6) is 1.13. The van der Waals surface area contributed by atoms with Crippen LogP contribution >= 0.6 is 0 Å². The zero-order chi connectivity index (χ0) is 14.7. The molecule has 3 rings (SSSR count). The van der Waals surface area contributed by atoms with Crippen molar-refractivity contribution in [1.82, 2.24) is 15.1 Å².